The molecule has 3 nitrogen and oxygen atoms in total. The highest BCUT2D eigenvalue weighted by Gasteiger charge is 2.15. The van der Waals surface area contributed by atoms with E-state index in [9.17, 15) is 8.42 Å². The number of thiol groups is 1. The molecule has 0 fully saturated rings. The summed E-state index contributed by atoms with van der Waals surface area (Å²) in [6, 6.07) is 4.29. The summed E-state index contributed by atoms with van der Waals surface area (Å²) in [6.07, 6.45) is 0. The lowest BCUT2D eigenvalue weighted by atomic mass is 10.1. The van der Waals surface area contributed by atoms with Crippen LogP contribution < -0.4 is 0 Å². The standard InChI is InChI=1S/C8H5Cl2NO2S2/c9-3-7-5(4-11)1-6(2-8(7)14)15(10,12)13/h1-2,14H,3H2. The molecule has 0 saturated heterocycles. The maximum atomic E-state index is 11.0. The zero-order valence-corrected chi connectivity index (χ0v) is 10.5. The minimum Gasteiger partial charge on any atom is -0.207 e. The lowest BCUT2D eigenvalue weighted by molar-refractivity contribution is 0.609. The number of nitriles is 1. The zero-order chi connectivity index (χ0) is 11.6. The third kappa shape index (κ3) is 2.79. The minimum absolute atomic E-state index is 0.0876. The van der Waals surface area contributed by atoms with Crippen LogP contribution >= 0.6 is 34.9 Å². The van der Waals surface area contributed by atoms with Crippen LogP contribution in [0.2, 0.25) is 0 Å². The van der Waals surface area contributed by atoms with Crippen molar-refractivity contribution >= 4 is 44.0 Å². The van der Waals surface area contributed by atoms with E-state index >= 15 is 0 Å². The molecule has 0 radical (unpaired) electrons. The third-order valence-electron chi connectivity index (χ3n) is 1.74. The maximum absolute atomic E-state index is 11.0. The van der Waals surface area contributed by atoms with Crippen LogP contribution in [0.25, 0.3) is 0 Å². The molecule has 0 amide bonds. The average Bonchev–Trinajstić information content (AvgIpc) is 2.15. The number of hydrogen-bond donors (Lipinski definition) is 1. The third-order valence-corrected chi connectivity index (χ3v) is 3.74. The van der Waals surface area contributed by atoms with Gasteiger partial charge in [0.15, 0.2) is 0 Å². The molecule has 15 heavy (non-hydrogen) atoms. The molecule has 7 heteroatoms. The fraction of sp³-hybridized carbons (Fsp3) is 0.125. The lowest BCUT2D eigenvalue weighted by Gasteiger charge is -2.05. The SMILES string of the molecule is N#Cc1cc(S(=O)(=O)Cl)cc(S)c1CCl. The molecule has 0 aromatic heterocycles. The van der Waals surface area contributed by atoms with E-state index in [1.807, 2.05) is 6.07 Å². The summed E-state index contributed by atoms with van der Waals surface area (Å²) < 4.78 is 22.1. The molecule has 0 unspecified atom stereocenters. The molecule has 0 bridgehead atoms. The van der Waals surface area contributed by atoms with Gasteiger partial charge in [0, 0.05) is 21.5 Å². The van der Waals surface area contributed by atoms with Crippen LogP contribution in [0.5, 0.6) is 0 Å². The van der Waals surface area contributed by atoms with Gasteiger partial charge in [-0.3, -0.25) is 0 Å². The Morgan fingerprint density at radius 2 is 2.07 bits per heavy atom. The van der Waals surface area contributed by atoms with Gasteiger partial charge < -0.3 is 0 Å². The first-order valence-electron chi connectivity index (χ1n) is 3.66. The van der Waals surface area contributed by atoms with Gasteiger partial charge in [-0.2, -0.15) is 5.26 Å². The first-order valence-corrected chi connectivity index (χ1v) is 6.96. The number of benzene rings is 1. The Kier molecular flexibility index (Phi) is 3.90. The van der Waals surface area contributed by atoms with Crippen molar-refractivity contribution in [3.05, 3.63) is 23.3 Å². The molecular weight excluding hydrogens is 277 g/mol. The van der Waals surface area contributed by atoms with Crippen LogP contribution in [0.15, 0.2) is 21.9 Å². The number of alkyl halides is 1. The molecule has 1 rings (SSSR count). The van der Waals surface area contributed by atoms with Crippen LogP contribution in [0.1, 0.15) is 11.1 Å². The molecule has 80 valence electrons. The summed E-state index contributed by atoms with van der Waals surface area (Å²) in [4.78, 5) is 0.183. The van der Waals surface area contributed by atoms with E-state index in [0.717, 1.165) is 0 Å². The summed E-state index contributed by atoms with van der Waals surface area (Å²) in [6.45, 7) is 0. The van der Waals surface area contributed by atoms with E-state index in [0.29, 0.717) is 10.5 Å². The first kappa shape index (κ1) is 12.7. The van der Waals surface area contributed by atoms with Gasteiger partial charge in [0.2, 0.25) is 0 Å². The molecule has 0 atom stereocenters. The van der Waals surface area contributed by atoms with E-state index in [1.54, 1.807) is 0 Å². The molecule has 0 aliphatic heterocycles. The number of nitrogens with zero attached hydrogens (tertiary/aromatic N) is 1. The molecule has 1 aromatic carbocycles. The summed E-state index contributed by atoms with van der Waals surface area (Å²) in [5.41, 5.74) is 0.656. The summed E-state index contributed by atoms with van der Waals surface area (Å²) in [5, 5.41) is 8.78. The van der Waals surface area contributed by atoms with Crippen LogP contribution in [0.3, 0.4) is 0 Å². The van der Waals surface area contributed by atoms with E-state index < -0.39 is 9.05 Å². The quantitative estimate of drug-likeness (QED) is 0.515. The van der Waals surface area contributed by atoms with Crippen LogP contribution in [-0.4, -0.2) is 8.42 Å². The zero-order valence-electron chi connectivity index (χ0n) is 7.24. The fourth-order valence-electron chi connectivity index (χ4n) is 1.01. The Hall–Kier alpha value is -0.410. The molecule has 0 saturated carbocycles. The van der Waals surface area contributed by atoms with E-state index in [1.165, 1.54) is 12.1 Å². The Balaban J connectivity index is 3.55. The Morgan fingerprint density at radius 1 is 1.47 bits per heavy atom. The van der Waals surface area contributed by atoms with Gasteiger partial charge in [-0.15, -0.1) is 24.2 Å². The summed E-state index contributed by atoms with van der Waals surface area (Å²) in [5.74, 6) is 0.0876. The highest BCUT2D eigenvalue weighted by atomic mass is 35.7. The largest absolute Gasteiger partial charge is 0.261 e. The van der Waals surface area contributed by atoms with Crippen molar-refractivity contribution in [2.75, 3.05) is 0 Å². The van der Waals surface area contributed by atoms with Gasteiger partial charge in [0.05, 0.1) is 16.5 Å². The van der Waals surface area contributed by atoms with Gasteiger partial charge in [-0.1, -0.05) is 0 Å². The second-order valence-corrected chi connectivity index (χ2v) is 5.97. The Labute approximate surface area is 102 Å². The van der Waals surface area contributed by atoms with Crippen molar-refractivity contribution in [1.82, 2.24) is 0 Å². The van der Waals surface area contributed by atoms with E-state index in [-0.39, 0.29) is 16.3 Å². The monoisotopic (exact) mass is 281 g/mol. The highest BCUT2D eigenvalue weighted by Crippen LogP contribution is 2.26. The number of halogens is 2. The van der Waals surface area contributed by atoms with Crippen molar-refractivity contribution < 1.29 is 8.42 Å². The molecular formula is C8H5Cl2NO2S2. The normalized spacial score (nSPS) is 11.1. The average molecular weight is 282 g/mol. The maximum Gasteiger partial charge on any atom is 0.261 e. The van der Waals surface area contributed by atoms with Crippen LogP contribution in [-0.2, 0) is 14.9 Å². The van der Waals surface area contributed by atoms with Crippen molar-refractivity contribution in [3.63, 3.8) is 0 Å². The lowest BCUT2D eigenvalue weighted by Crippen LogP contribution is -1.96. The smallest absolute Gasteiger partial charge is 0.207 e. The second kappa shape index (κ2) is 4.62. The number of hydrogen-bond acceptors (Lipinski definition) is 4. The second-order valence-electron chi connectivity index (χ2n) is 2.65. The van der Waals surface area contributed by atoms with Crippen molar-refractivity contribution in [3.8, 4) is 6.07 Å². The minimum atomic E-state index is -3.85. The number of rotatable bonds is 2. The van der Waals surface area contributed by atoms with Gasteiger partial charge in [-0.05, 0) is 17.7 Å². The summed E-state index contributed by atoms with van der Waals surface area (Å²) in [7, 11) is 1.30. The van der Waals surface area contributed by atoms with Crippen molar-refractivity contribution in [2.24, 2.45) is 0 Å². The van der Waals surface area contributed by atoms with E-state index in [2.05, 4.69) is 12.6 Å². The first-order chi connectivity index (χ1) is 6.90. The molecule has 0 heterocycles. The topological polar surface area (TPSA) is 57.9 Å². The predicted molar refractivity (Wildman–Crippen MR) is 61.0 cm³/mol. The fourth-order valence-corrected chi connectivity index (χ4v) is 2.60. The predicted octanol–water partition coefficient (Wildman–Crippen LogP) is 2.51. The van der Waals surface area contributed by atoms with Gasteiger partial charge >= 0.3 is 0 Å². The highest BCUT2D eigenvalue weighted by molar-refractivity contribution is 8.13. The van der Waals surface area contributed by atoms with E-state index in [4.69, 9.17) is 27.5 Å². The van der Waals surface area contributed by atoms with Gasteiger partial charge in [0.1, 0.15) is 0 Å². The Bertz CT molecular complexity index is 534. The molecule has 0 spiro atoms. The van der Waals surface area contributed by atoms with Gasteiger partial charge in [-0.25, -0.2) is 8.42 Å². The van der Waals surface area contributed by atoms with Crippen LogP contribution in [0.4, 0.5) is 0 Å². The van der Waals surface area contributed by atoms with Crippen molar-refractivity contribution in [2.45, 2.75) is 15.7 Å². The van der Waals surface area contributed by atoms with Gasteiger partial charge in [0.25, 0.3) is 9.05 Å². The molecule has 0 aliphatic rings. The molecule has 1 aromatic rings. The molecule has 0 aliphatic carbocycles. The molecule has 0 N–H and O–H groups in total. The van der Waals surface area contributed by atoms with Crippen molar-refractivity contribution in [1.29, 1.82) is 5.26 Å². The van der Waals surface area contributed by atoms with Crippen LogP contribution in [0, 0.1) is 11.3 Å². The summed E-state index contributed by atoms with van der Waals surface area (Å²) >= 11 is 9.64. The Morgan fingerprint density at radius 3 is 2.47 bits per heavy atom.